The molecule has 84 valence electrons. The maximum absolute atomic E-state index is 11.4. The lowest BCUT2D eigenvalue weighted by Gasteiger charge is -2.08. The number of amides is 1. The second-order valence-electron chi connectivity index (χ2n) is 3.81. The van der Waals surface area contributed by atoms with Crippen molar-refractivity contribution in [2.75, 3.05) is 5.32 Å². The minimum atomic E-state index is -0.451. The summed E-state index contributed by atoms with van der Waals surface area (Å²) in [5.74, 6) is -0.166. The highest BCUT2D eigenvalue weighted by molar-refractivity contribution is 5.94. The topological polar surface area (TPSA) is 72.9 Å². The fraction of sp³-hybridized carbons (Fsp3) is 0.600. The quantitative estimate of drug-likeness (QED) is 0.782. The van der Waals surface area contributed by atoms with E-state index in [0.717, 1.165) is 0 Å². The lowest BCUT2D eigenvalue weighted by Crippen LogP contribution is -2.34. The summed E-state index contributed by atoms with van der Waals surface area (Å²) in [5.41, 5.74) is 6.28. The number of anilines is 1. The molecule has 15 heavy (non-hydrogen) atoms. The van der Waals surface area contributed by atoms with Crippen LogP contribution in [0.5, 0.6) is 0 Å². The third-order valence-corrected chi connectivity index (χ3v) is 2.17. The normalized spacial score (nSPS) is 12.9. The predicted molar refractivity (Wildman–Crippen MR) is 59.5 cm³/mol. The van der Waals surface area contributed by atoms with Gasteiger partial charge in [-0.25, -0.2) is 0 Å². The van der Waals surface area contributed by atoms with Crippen LogP contribution in [-0.4, -0.2) is 21.7 Å². The van der Waals surface area contributed by atoms with Crippen molar-refractivity contribution in [3.63, 3.8) is 0 Å². The summed E-state index contributed by atoms with van der Waals surface area (Å²) in [6, 6.07) is -0.164. The molecule has 1 heterocycles. The Morgan fingerprint density at radius 2 is 2.33 bits per heavy atom. The van der Waals surface area contributed by atoms with E-state index in [2.05, 4.69) is 10.4 Å². The van der Waals surface area contributed by atoms with Gasteiger partial charge in [-0.05, 0) is 20.3 Å². The molecule has 1 aromatic heterocycles. The van der Waals surface area contributed by atoms with Gasteiger partial charge in [0.25, 0.3) is 0 Å². The van der Waals surface area contributed by atoms with Crippen LogP contribution in [0.15, 0.2) is 12.4 Å². The molecule has 0 fully saturated rings. The summed E-state index contributed by atoms with van der Waals surface area (Å²) in [4.78, 5) is 11.4. The summed E-state index contributed by atoms with van der Waals surface area (Å²) < 4.78 is 1.78. The maximum atomic E-state index is 11.4. The van der Waals surface area contributed by atoms with Crippen LogP contribution in [-0.2, 0) is 4.79 Å². The van der Waals surface area contributed by atoms with Crippen molar-refractivity contribution >= 4 is 11.6 Å². The summed E-state index contributed by atoms with van der Waals surface area (Å²) in [6.07, 6.45) is 4.05. The number of carbonyl (C=O) groups excluding carboxylic acids is 1. The van der Waals surface area contributed by atoms with Gasteiger partial charge in [-0.1, -0.05) is 6.92 Å². The highest BCUT2D eigenvalue weighted by Gasteiger charge is 2.12. The molecule has 1 rings (SSSR count). The summed E-state index contributed by atoms with van der Waals surface area (Å²) in [5, 5.41) is 6.84. The smallest absolute Gasteiger partial charge is 0.241 e. The van der Waals surface area contributed by atoms with E-state index < -0.39 is 6.04 Å². The highest BCUT2D eigenvalue weighted by atomic mass is 16.2. The van der Waals surface area contributed by atoms with Crippen molar-refractivity contribution in [2.45, 2.75) is 39.3 Å². The van der Waals surface area contributed by atoms with E-state index in [-0.39, 0.29) is 11.9 Å². The Morgan fingerprint density at radius 1 is 1.67 bits per heavy atom. The van der Waals surface area contributed by atoms with Crippen LogP contribution in [0.3, 0.4) is 0 Å². The lowest BCUT2D eigenvalue weighted by atomic mass is 10.2. The molecule has 0 aliphatic heterocycles. The molecule has 0 bridgehead atoms. The largest absolute Gasteiger partial charge is 0.322 e. The first-order chi connectivity index (χ1) is 7.04. The number of nitrogens with two attached hydrogens (primary N) is 1. The Bertz CT molecular complexity index is 332. The molecule has 0 radical (unpaired) electrons. The van der Waals surface area contributed by atoms with Gasteiger partial charge in [0.05, 0.1) is 17.9 Å². The fourth-order valence-corrected chi connectivity index (χ4v) is 1.11. The van der Waals surface area contributed by atoms with E-state index in [9.17, 15) is 4.79 Å². The van der Waals surface area contributed by atoms with E-state index in [4.69, 9.17) is 5.73 Å². The summed E-state index contributed by atoms with van der Waals surface area (Å²) in [7, 11) is 0. The zero-order valence-electron chi connectivity index (χ0n) is 9.40. The molecular formula is C10H18N4O. The zero-order valence-corrected chi connectivity index (χ0v) is 9.40. The van der Waals surface area contributed by atoms with E-state index in [0.29, 0.717) is 12.1 Å². The molecule has 0 aromatic carbocycles. The fourth-order valence-electron chi connectivity index (χ4n) is 1.11. The summed E-state index contributed by atoms with van der Waals surface area (Å²) >= 11 is 0. The molecule has 0 aliphatic carbocycles. The number of rotatable bonds is 4. The second kappa shape index (κ2) is 4.93. The van der Waals surface area contributed by atoms with Gasteiger partial charge >= 0.3 is 0 Å². The van der Waals surface area contributed by atoms with Crippen molar-refractivity contribution in [2.24, 2.45) is 5.73 Å². The van der Waals surface area contributed by atoms with E-state index >= 15 is 0 Å². The van der Waals surface area contributed by atoms with Gasteiger partial charge in [0, 0.05) is 12.2 Å². The van der Waals surface area contributed by atoms with Crippen LogP contribution in [0.4, 0.5) is 5.69 Å². The van der Waals surface area contributed by atoms with Crippen LogP contribution in [0.2, 0.25) is 0 Å². The average molecular weight is 210 g/mol. The van der Waals surface area contributed by atoms with Crippen molar-refractivity contribution in [1.82, 2.24) is 9.78 Å². The molecule has 3 N–H and O–H groups in total. The molecule has 5 nitrogen and oxygen atoms in total. The third kappa shape index (κ3) is 3.06. The Hall–Kier alpha value is -1.36. The first-order valence-electron chi connectivity index (χ1n) is 5.15. The number of nitrogens with zero attached hydrogens (tertiary/aromatic N) is 2. The third-order valence-electron chi connectivity index (χ3n) is 2.17. The first-order valence-corrected chi connectivity index (χ1v) is 5.15. The van der Waals surface area contributed by atoms with Gasteiger partial charge in [0.2, 0.25) is 5.91 Å². The molecule has 1 amide bonds. The molecular weight excluding hydrogens is 192 g/mol. The number of nitrogens with one attached hydrogen (secondary N) is 1. The summed E-state index contributed by atoms with van der Waals surface area (Å²) in [6.45, 7) is 5.93. The van der Waals surface area contributed by atoms with Crippen molar-refractivity contribution in [1.29, 1.82) is 0 Å². The highest BCUT2D eigenvalue weighted by Crippen LogP contribution is 2.10. The Morgan fingerprint density at radius 3 is 2.80 bits per heavy atom. The molecule has 0 spiro atoms. The molecule has 1 aromatic rings. The van der Waals surface area contributed by atoms with Gasteiger partial charge in [-0.15, -0.1) is 0 Å². The zero-order chi connectivity index (χ0) is 11.4. The monoisotopic (exact) mass is 210 g/mol. The standard InChI is InChI=1S/C10H18N4O/c1-4-9(11)10(15)13-8-5-12-14(6-8)7(2)3/h5-7,9H,4,11H2,1-3H3,(H,13,15)/t9-/m1/s1. The molecule has 1 atom stereocenters. The molecule has 0 unspecified atom stereocenters. The first kappa shape index (κ1) is 11.7. The minimum Gasteiger partial charge on any atom is -0.322 e. The average Bonchev–Trinajstić information content (AvgIpc) is 2.65. The van der Waals surface area contributed by atoms with Gasteiger partial charge in [-0.3, -0.25) is 9.48 Å². The van der Waals surface area contributed by atoms with E-state index in [1.54, 1.807) is 17.1 Å². The van der Waals surface area contributed by atoms with Crippen LogP contribution in [0, 0.1) is 0 Å². The second-order valence-corrected chi connectivity index (χ2v) is 3.81. The van der Waals surface area contributed by atoms with Crippen LogP contribution in [0.25, 0.3) is 0 Å². The number of aromatic nitrogens is 2. The molecule has 0 saturated carbocycles. The molecule has 0 saturated heterocycles. The van der Waals surface area contributed by atoms with Gasteiger partial charge in [-0.2, -0.15) is 5.10 Å². The van der Waals surface area contributed by atoms with Crippen molar-refractivity contribution in [3.8, 4) is 0 Å². The van der Waals surface area contributed by atoms with Gasteiger partial charge in [0.15, 0.2) is 0 Å². The Kier molecular flexibility index (Phi) is 3.85. The maximum Gasteiger partial charge on any atom is 0.241 e. The SMILES string of the molecule is CC[C@@H](N)C(=O)Nc1cnn(C(C)C)c1. The lowest BCUT2D eigenvalue weighted by molar-refractivity contribution is -0.117. The van der Waals surface area contributed by atoms with Crippen molar-refractivity contribution in [3.05, 3.63) is 12.4 Å². The van der Waals surface area contributed by atoms with Crippen molar-refractivity contribution < 1.29 is 4.79 Å². The predicted octanol–water partition coefficient (Wildman–Crippen LogP) is 1.14. The Labute approximate surface area is 89.6 Å². The van der Waals surface area contributed by atoms with Crippen LogP contribution >= 0.6 is 0 Å². The number of hydrogen-bond acceptors (Lipinski definition) is 3. The van der Waals surface area contributed by atoms with E-state index in [1.165, 1.54) is 0 Å². The molecule has 5 heteroatoms. The van der Waals surface area contributed by atoms with Crippen LogP contribution in [0.1, 0.15) is 33.2 Å². The van der Waals surface area contributed by atoms with E-state index in [1.807, 2.05) is 20.8 Å². The number of carbonyl (C=O) groups is 1. The Balaban J connectivity index is 2.61. The molecule has 0 aliphatic rings. The van der Waals surface area contributed by atoms with Crippen LogP contribution < -0.4 is 11.1 Å². The minimum absolute atomic E-state index is 0.166. The van der Waals surface area contributed by atoms with Gasteiger partial charge in [0.1, 0.15) is 0 Å². The number of hydrogen-bond donors (Lipinski definition) is 2. The van der Waals surface area contributed by atoms with Gasteiger partial charge < -0.3 is 11.1 Å².